The number of nitrogens with zero attached hydrogens (tertiary/aromatic N) is 4. The lowest BCUT2D eigenvalue weighted by Gasteiger charge is -2.30. The topological polar surface area (TPSA) is 86.0 Å². The van der Waals surface area contributed by atoms with Crippen molar-refractivity contribution in [3.8, 4) is 16.8 Å². The van der Waals surface area contributed by atoms with Crippen molar-refractivity contribution in [1.82, 2.24) is 24.6 Å². The van der Waals surface area contributed by atoms with Crippen molar-refractivity contribution in [1.29, 1.82) is 0 Å². The Bertz CT molecular complexity index is 1650. The first-order chi connectivity index (χ1) is 20.6. The second kappa shape index (κ2) is 12.7. The van der Waals surface area contributed by atoms with E-state index in [4.69, 9.17) is 9.72 Å². The number of hydrogen-bond donors (Lipinski definition) is 2. The third kappa shape index (κ3) is 6.00. The Labute approximate surface area is 246 Å². The molecule has 1 amide bonds. The molecule has 0 spiro atoms. The van der Waals surface area contributed by atoms with Gasteiger partial charge in [-0.05, 0) is 53.9 Å². The van der Waals surface area contributed by atoms with Crippen LogP contribution in [0.5, 0.6) is 0 Å². The predicted molar refractivity (Wildman–Crippen MR) is 167 cm³/mol. The van der Waals surface area contributed by atoms with E-state index in [2.05, 4.69) is 47.1 Å². The maximum Gasteiger partial charge on any atom is 0.258 e. The van der Waals surface area contributed by atoms with Gasteiger partial charge in [-0.25, -0.2) is 4.98 Å². The molecule has 0 radical (unpaired) electrons. The second-order valence-electron chi connectivity index (χ2n) is 11.0. The molecule has 3 heterocycles. The molecule has 1 fully saturated rings. The molecule has 2 N–H and O–H groups in total. The largest absolute Gasteiger partial charge is 0.375 e. The number of anilines is 1. The van der Waals surface area contributed by atoms with Crippen LogP contribution in [0.25, 0.3) is 27.7 Å². The van der Waals surface area contributed by atoms with Crippen LogP contribution >= 0.6 is 0 Å². The number of morpholine rings is 1. The number of para-hydroxylation sites is 1. The Hall–Kier alpha value is -4.27. The van der Waals surface area contributed by atoms with E-state index in [0.717, 1.165) is 65.8 Å². The zero-order chi connectivity index (χ0) is 28.9. The molecule has 42 heavy (non-hydrogen) atoms. The van der Waals surface area contributed by atoms with Crippen molar-refractivity contribution in [2.24, 2.45) is 7.05 Å². The molecule has 0 bridgehead atoms. The summed E-state index contributed by atoms with van der Waals surface area (Å²) in [6.45, 7) is 4.58. The van der Waals surface area contributed by atoms with Gasteiger partial charge in [0.05, 0.1) is 30.1 Å². The van der Waals surface area contributed by atoms with Crippen molar-refractivity contribution in [2.75, 3.05) is 25.0 Å². The first-order valence-corrected chi connectivity index (χ1v) is 14.9. The number of aryl methyl sites for hydroxylation is 1. The van der Waals surface area contributed by atoms with Gasteiger partial charge in [0.2, 0.25) is 5.95 Å². The van der Waals surface area contributed by atoms with Gasteiger partial charge >= 0.3 is 0 Å². The van der Waals surface area contributed by atoms with Crippen molar-refractivity contribution in [3.63, 3.8) is 0 Å². The van der Waals surface area contributed by atoms with Gasteiger partial charge in [0.15, 0.2) is 0 Å². The van der Waals surface area contributed by atoms with E-state index in [1.54, 1.807) is 0 Å². The summed E-state index contributed by atoms with van der Waals surface area (Å²) in [4.78, 5) is 18.7. The summed E-state index contributed by atoms with van der Waals surface area (Å²) in [5, 5.41) is 12.0. The zero-order valence-corrected chi connectivity index (χ0v) is 24.3. The molecule has 5 aromatic rings. The molecular weight excluding hydrogens is 524 g/mol. The maximum atomic E-state index is 13.7. The summed E-state index contributed by atoms with van der Waals surface area (Å²) in [7, 11) is 1.93. The van der Waals surface area contributed by atoms with E-state index in [1.165, 1.54) is 6.42 Å². The average molecular weight is 563 g/mol. The van der Waals surface area contributed by atoms with Gasteiger partial charge in [0.1, 0.15) is 0 Å². The molecule has 2 atom stereocenters. The molecule has 1 aliphatic rings. The number of fused-ring (bicyclic) bond motifs is 1. The number of imidazole rings is 1. The minimum absolute atomic E-state index is 0.0483. The highest BCUT2D eigenvalue weighted by molar-refractivity contribution is 6.04. The van der Waals surface area contributed by atoms with Crippen LogP contribution in [0.1, 0.15) is 54.6 Å². The van der Waals surface area contributed by atoms with Gasteiger partial charge in [0.25, 0.3) is 5.91 Å². The second-order valence-corrected chi connectivity index (χ2v) is 11.0. The van der Waals surface area contributed by atoms with E-state index in [0.29, 0.717) is 18.1 Å². The lowest BCUT2D eigenvalue weighted by atomic mass is 9.92. The van der Waals surface area contributed by atoms with Gasteiger partial charge in [-0.2, -0.15) is 5.10 Å². The lowest BCUT2D eigenvalue weighted by Crippen LogP contribution is -2.42. The first-order valence-electron chi connectivity index (χ1n) is 14.9. The fourth-order valence-corrected chi connectivity index (χ4v) is 5.79. The molecule has 216 valence electrons. The normalized spacial score (nSPS) is 16.0. The Morgan fingerprint density at radius 1 is 1.07 bits per heavy atom. The highest BCUT2D eigenvalue weighted by atomic mass is 16.5. The van der Waals surface area contributed by atoms with Crippen LogP contribution in [0.3, 0.4) is 0 Å². The Morgan fingerprint density at radius 2 is 1.93 bits per heavy atom. The monoisotopic (exact) mass is 562 g/mol. The molecule has 8 heteroatoms. The third-order valence-electron chi connectivity index (χ3n) is 8.09. The number of unbranched alkanes of at least 4 members (excludes halogenated alkanes) is 2. The number of benzene rings is 3. The summed E-state index contributed by atoms with van der Waals surface area (Å²) >= 11 is 0. The van der Waals surface area contributed by atoms with Crippen molar-refractivity contribution in [3.05, 3.63) is 96.4 Å². The summed E-state index contributed by atoms with van der Waals surface area (Å²) < 4.78 is 10.1. The fourth-order valence-electron chi connectivity index (χ4n) is 5.79. The number of hydrogen-bond acceptors (Lipinski definition) is 5. The molecule has 1 saturated heterocycles. The minimum atomic E-state index is -0.202. The highest BCUT2D eigenvalue weighted by Crippen LogP contribution is 2.31. The molecule has 6 rings (SSSR count). The Morgan fingerprint density at radius 3 is 2.74 bits per heavy atom. The van der Waals surface area contributed by atoms with Gasteiger partial charge < -0.3 is 10.1 Å². The molecule has 0 saturated carbocycles. The number of carbonyl (C=O) groups excluding carboxylic acids is 1. The maximum absolute atomic E-state index is 13.7. The molecule has 3 aromatic carbocycles. The number of ether oxygens (including phenoxy) is 1. The fraction of sp³-hybridized carbons (Fsp3) is 0.324. The lowest BCUT2D eigenvalue weighted by molar-refractivity contribution is 0.00803. The highest BCUT2D eigenvalue weighted by Gasteiger charge is 2.29. The summed E-state index contributed by atoms with van der Waals surface area (Å²) in [6, 6.07) is 24.0. The Balaban J connectivity index is 1.30. The molecule has 1 aliphatic heterocycles. The van der Waals surface area contributed by atoms with Crippen molar-refractivity contribution < 1.29 is 9.53 Å². The quantitative estimate of drug-likeness (QED) is 0.194. The van der Waals surface area contributed by atoms with E-state index in [-0.39, 0.29) is 17.9 Å². The van der Waals surface area contributed by atoms with Crippen LogP contribution in [0, 0.1) is 0 Å². The molecule has 2 aromatic heterocycles. The Kier molecular flexibility index (Phi) is 8.44. The number of amides is 1. The molecular formula is C34H38N6O2. The van der Waals surface area contributed by atoms with Crippen LogP contribution in [-0.2, 0) is 11.8 Å². The first kappa shape index (κ1) is 27.9. The number of nitrogens with one attached hydrogen (secondary N) is 2. The number of aromatic nitrogens is 4. The SMILES string of the molecule is CCCCCC(c1cn(-c2ccccc2)c(NC(=O)c2cccc(-c3ccc4c(cnn4C)c3)c2)n1)C1CNCCO1. The van der Waals surface area contributed by atoms with Crippen LogP contribution in [0.2, 0.25) is 0 Å². The van der Waals surface area contributed by atoms with E-state index in [1.807, 2.05) is 77.1 Å². The van der Waals surface area contributed by atoms with Gasteiger partial charge in [-0.1, -0.05) is 62.6 Å². The third-order valence-corrected chi connectivity index (χ3v) is 8.09. The van der Waals surface area contributed by atoms with E-state index in [9.17, 15) is 4.79 Å². The van der Waals surface area contributed by atoms with Crippen LogP contribution < -0.4 is 10.6 Å². The van der Waals surface area contributed by atoms with Crippen LogP contribution in [-0.4, -0.2) is 51.0 Å². The van der Waals surface area contributed by atoms with E-state index >= 15 is 0 Å². The molecule has 8 nitrogen and oxygen atoms in total. The van der Waals surface area contributed by atoms with E-state index < -0.39 is 0 Å². The zero-order valence-electron chi connectivity index (χ0n) is 24.3. The summed E-state index contributed by atoms with van der Waals surface area (Å²) in [6.07, 6.45) is 8.41. The van der Waals surface area contributed by atoms with Crippen molar-refractivity contribution >= 4 is 22.8 Å². The summed E-state index contributed by atoms with van der Waals surface area (Å²) in [5.74, 6) is 0.440. The van der Waals surface area contributed by atoms with Gasteiger partial charge in [-0.15, -0.1) is 0 Å². The number of rotatable bonds is 10. The van der Waals surface area contributed by atoms with Gasteiger partial charge in [-0.3, -0.25) is 19.4 Å². The smallest absolute Gasteiger partial charge is 0.258 e. The average Bonchev–Trinajstić information content (AvgIpc) is 3.63. The standard InChI is InChI=1S/C34H38N6O2/c1-3-4-6-14-29(32-22-35-17-18-42-32)30-23-40(28-12-7-5-8-13-28)34(37-30)38-33(41)26-11-9-10-24(19-26)25-15-16-31-27(20-25)21-36-39(31)2/h5,7-13,15-16,19-21,23,29,32,35H,3-4,6,14,17-18,22H2,1-2H3,(H,37,38,41). The van der Waals surface area contributed by atoms with Crippen LogP contribution in [0.15, 0.2) is 85.2 Å². The molecule has 0 aliphatic carbocycles. The summed E-state index contributed by atoms with van der Waals surface area (Å²) in [5.41, 5.74) is 5.53. The van der Waals surface area contributed by atoms with Crippen molar-refractivity contribution in [2.45, 2.75) is 44.6 Å². The van der Waals surface area contributed by atoms with Gasteiger partial charge in [0, 0.05) is 48.9 Å². The molecule has 2 unspecified atom stereocenters. The minimum Gasteiger partial charge on any atom is -0.375 e. The predicted octanol–water partition coefficient (Wildman–Crippen LogP) is 6.33. The number of carbonyl (C=O) groups is 1. The van der Waals surface area contributed by atoms with Crippen LogP contribution in [0.4, 0.5) is 5.95 Å².